The van der Waals surface area contributed by atoms with E-state index in [0.717, 1.165) is 11.3 Å². The number of nitrogens with two attached hydrogens (primary N) is 1. The van der Waals surface area contributed by atoms with Crippen LogP contribution in [0.1, 0.15) is 5.56 Å². The van der Waals surface area contributed by atoms with Crippen molar-refractivity contribution in [3.8, 4) is 5.75 Å². The van der Waals surface area contributed by atoms with Crippen LogP contribution in [0.5, 0.6) is 5.75 Å². The van der Waals surface area contributed by atoms with E-state index < -0.39 is 0 Å². The van der Waals surface area contributed by atoms with Gasteiger partial charge in [0.25, 0.3) is 0 Å². The van der Waals surface area contributed by atoms with Crippen LogP contribution < -0.4 is 10.5 Å². The summed E-state index contributed by atoms with van der Waals surface area (Å²) >= 11 is 0. The summed E-state index contributed by atoms with van der Waals surface area (Å²) in [5.41, 5.74) is 7.32. The molecule has 0 amide bonds. The zero-order valence-corrected chi connectivity index (χ0v) is 8.32. The van der Waals surface area contributed by atoms with Gasteiger partial charge in [-0.15, -0.1) is 6.58 Å². The van der Waals surface area contributed by atoms with Crippen molar-refractivity contribution in [2.75, 3.05) is 19.5 Å². The molecular weight excluding hydrogens is 178 g/mol. The Hall–Kier alpha value is -1.48. The van der Waals surface area contributed by atoms with E-state index in [1.807, 2.05) is 12.1 Å². The van der Waals surface area contributed by atoms with Gasteiger partial charge in [-0.3, -0.25) is 0 Å². The monoisotopic (exact) mass is 193 g/mol. The number of benzene rings is 1. The molecule has 0 aliphatic rings. The Bertz CT molecular complexity index is 310. The van der Waals surface area contributed by atoms with Crippen molar-refractivity contribution in [1.82, 2.24) is 0 Å². The molecule has 0 fully saturated rings. The molecule has 3 heteroatoms. The van der Waals surface area contributed by atoms with Crippen molar-refractivity contribution < 1.29 is 9.47 Å². The van der Waals surface area contributed by atoms with Gasteiger partial charge in [-0.05, 0) is 18.2 Å². The summed E-state index contributed by atoms with van der Waals surface area (Å²) in [4.78, 5) is 0. The van der Waals surface area contributed by atoms with Gasteiger partial charge in [0, 0.05) is 11.3 Å². The van der Waals surface area contributed by atoms with E-state index in [2.05, 4.69) is 6.58 Å². The minimum Gasteiger partial charge on any atom is -0.496 e. The molecule has 0 radical (unpaired) electrons. The second kappa shape index (κ2) is 5.29. The fraction of sp³-hybridized carbons (Fsp3) is 0.273. The fourth-order valence-corrected chi connectivity index (χ4v) is 1.16. The van der Waals surface area contributed by atoms with Crippen LogP contribution in [0.4, 0.5) is 5.69 Å². The van der Waals surface area contributed by atoms with Gasteiger partial charge in [-0.25, -0.2) is 0 Å². The van der Waals surface area contributed by atoms with Crippen LogP contribution in [-0.4, -0.2) is 13.7 Å². The lowest BCUT2D eigenvalue weighted by atomic mass is 10.2. The van der Waals surface area contributed by atoms with Crippen LogP contribution in [-0.2, 0) is 11.3 Å². The molecule has 0 heterocycles. The average molecular weight is 193 g/mol. The Labute approximate surface area is 84.1 Å². The van der Waals surface area contributed by atoms with Gasteiger partial charge < -0.3 is 15.2 Å². The molecule has 1 aromatic rings. The largest absolute Gasteiger partial charge is 0.496 e. The minimum absolute atomic E-state index is 0.486. The second-order valence-corrected chi connectivity index (χ2v) is 2.88. The Kier molecular flexibility index (Phi) is 4.01. The smallest absolute Gasteiger partial charge is 0.124 e. The molecule has 2 N–H and O–H groups in total. The number of rotatable bonds is 5. The SMILES string of the molecule is C=CCOCc1cc(N)ccc1OC. The number of hydrogen-bond donors (Lipinski definition) is 1. The Morgan fingerprint density at radius 2 is 2.29 bits per heavy atom. The van der Waals surface area contributed by atoms with E-state index in [1.54, 1.807) is 19.3 Å². The van der Waals surface area contributed by atoms with Crippen LogP contribution >= 0.6 is 0 Å². The average Bonchev–Trinajstić information content (AvgIpc) is 2.19. The lowest BCUT2D eigenvalue weighted by Gasteiger charge is -2.08. The normalized spacial score (nSPS) is 9.79. The van der Waals surface area contributed by atoms with Crippen molar-refractivity contribution in [3.63, 3.8) is 0 Å². The summed E-state index contributed by atoms with van der Waals surface area (Å²) in [7, 11) is 1.63. The summed E-state index contributed by atoms with van der Waals surface area (Å²) in [6.45, 7) is 4.58. The molecule has 3 nitrogen and oxygen atoms in total. The fourth-order valence-electron chi connectivity index (χ4n) is 1.16. The lowest BCUT2D eigenvalue weighted by molar-refractivity contribution is 0.146. The number of ether oxygens (including phenoxy) is 2. The first-order valence-electron chi connectivity index (χ1n) is 4.39. The number of hydrogen-bond acceptors (Lipinski definition) is 3. The summed E-state index contributed by atoms with van der Waals surface area (Å²) in [5.74, 6) is 0.795. The molecule has 0 unspecified atom stereocenters. The third kappa shape index (κ3) is 2.78. The Morgan fingerprint density at radius 1 is 1.50 bits per heavy atom. The molecule has 1 rings (SSSR count). The van der Waals surface area contributed by atoms with E-state index >= 15 is 0 Å². The molecule has 0 saturated carbocycles. The van der Waals surface area contributed by atoms with Crippen molar-refractivity contribution in [2.45, 2.75) is 6.61 Å². The first kappa shape index (κ1) is 10.6. The minimum atomic E-state index is 0.486. The highest BCUT2D eigenvalue weighted by atomic mass is 16.5. The van der Waals surface area contributed by atoms with Gasteiger partial charge in [0.2, 0.25) is 0 Å². The first-order valence-corrected chi connectivity index (χ1v) is 4.39. The maximum Gasteiger partial charge on any atom is 0.124 e. The molecule has 0 atom stereocenters. The molecule has 76 valence electrons. The molecule has 0 saturated heterocycles. The zero-order valence-electron chi connectivity index (χ0n) is 8.32. The van der Waals surface area contributed by atoms with Crippen molar-refractivity contribution in [1.29, 1.82) is 0 Å². The third-order valence-electron chi connectivity index (χ3n) is 1.80. The predicted octanol–water partition coefficient (Wildman–Crippen LogP) is 1.98. The predicted molar refractivity (Wildman–Crippen MR) is 57.3 cm³/mol. The van der Waals surface area contributed by atoms with Gasteiger partial charge in [-0.1, -0.05) is 6.08 Å². The molecule has 0 aliphatic heterocycles. The first-order chi connectivity index (χ1) is 6.77. The van der Waals surface area contributed by atoms with Crippen LogP contribution in [0.25, 0.3) is 0 Å². The summed E-state index contributed by atoms with van der Waals surface area (Å²) in [6.07, 6.45) is 1.71. The van der Waals surface area contributed by atoms with Gasteiger partial charge in [0.1, 0.15) is 5.75 Å². The lowest BCUT2D eigenvalue weighted by Crippen LogP contribution is -1.98. The van der Waals surface area contributed by atoms with Gasteiger partial charge in [-0.2, -0.15) is 0 Å². The van der Waals surface area contributed by atoms with Crippen molar-refractivity contribution >= 4 is 5.69 Å². The van der Waals surface area contributed by atoms with Crippen molar-refractivity contribution in [2.24, 2.45) is 0 Å². The van der Waals surface area contributed by atoms with Gasteiger partial charge in [0.15, 0.2) is 0 Å². The summed E-state index contributed by atoms with van der Waals surface area (Å²) in [5, 5.41) is 0. The molecule has 14 heavy (non-hydrogen) atoms. The molecule has 0 bridgehead atoms. The van der Waals surface area contributed by atoms with Gasteiger partial charge >= 0.3 is 0 Å². The highest BCUT2D eigenvalue weighted by Gasteiger charge is 2.02. The molecular formula is C11H15NO2. The molecule has 0 aromatic heterocycles. The van der Waals surface area contributed by atoms with Crippen molar-refractivity contribution in [3.05, 3.63) is 36.4 Å². The summed E-state index contributed by atoms with van der Waals surface area (Å²) in [6, 6.07) is 5.49. The van der Waals surface area contributed by atoms with Gasteiger partial charge in [0.05, 0.1) is 20.3 Å². The number of methoxy groups -OCH3 is 1. The van der Waals surface area contributed by atoms with E-state index in [0.29, 0.717) is 18.9 Å². The topological polar surface area (TPSA) is 44.5 Å². The van der Waals surface area contributed by atoms with E-state index in [9.17, 15) is 0 Å². The molecule has 0 spiro atoms. The maximum atomic E-state index is 5.66. The second-order valence-electron chi connectivity index (χ2n) is 2.88. The van der Waals surface area contributed by atoms with Crippen LogP contribution in [0.2, 0.25) is 0 Å². The standard InChI is InChI=1S/C11H15NO2/c1-3-6-14-8-9-7-10(12)4-5-11(9)13-2/h3-5,7H,1,6,8,12H2,2H3. The van der Waals surface area contributed by atoms with E-state index in [1.165, 1.54) is 0 Å². The quantitative estimate of drug-likeness (QED) is 0.442. The Morgan fingerprint density at radius 3 is 2.93 bits per heavy atom. The molecule has 0 aliphatic carbocycles. The highest BCUT2D eigenvalue weighted by Crippen LogP contribution is 2.21. The Balaban J connectivity index is 2.71. The van der Waals surface area contributed by atoms with Crippen LogP contribution in [0.15, 0.2) is 30.9 Å². The molecule has 1 aromatic carbocycles. The zero-order chi connectivity index (χ0) is 10.4. The number of anilines is 1. The number of nitrogen functional groups attached to an aromatic ring is 1. The van der Waals surface area contributed by atoms with Crippen LogP contribution in [0.3, 0.4) is 0 Å². The van der Waals surface area contributed by atoms with E-state index in [4.69, 9.17) is 15.2 Å². The summed E-state index contributed by atoms with van der Waals surface area (Å²) < 4.78 is 10.5. The maximum absolute atomic E-state index is 5.66. The van der Waals surface area contributed by atoms with E-state index in [-0.39, 0.29) is 0 Å². The highest BCUT2D eigenvalue weighted by molar-refractivity contribution is 5.47. The van der Waals surface area contributed by atoms with Crippen LogP contribution in [0, 0.1) is 0 Å². The third-order valence-corrected chi connectivity index (χ3v) is 1.80.